The van der Waals surface area contributed by atoms with Gasteiger partial charge in [-0.3, -0.25) is 0 Å². The second-order valence-corrected chi connectivity index (χ2v) is 7.82. The Morgan fingerprint density at radius 2 is 0.324 bits per heavy atom. The van der Waals surface area contributed by atoms with E-state index in [1.54, 1.807) is 0 Å². The molecule has 0 saturated heterocycles. The van der Waals surface area contributed by atoms with Gasteiger partial charge in [0, 0.05) is 39.3 Å². The summed E-state index contributed by atoms with van der Waals surface area (Å²) in [6.07, 6.45) is 0. The molecule has 0 bridgehead atoms. The van der Waals surface area contributed by atoms with Crippen LogP contribution >= 0.6 is 0 Å². The number of hydrogen-bond acceptors (Lipinski definition) is 6. The van der Waals surface area contributed by atoms with Crippen molar-refractivity contribution < 1.29 is 104 Å². The zero-order valence-corrected chi connectivity index (χ0v) is 29.9. The van der Waals surface area contributed by atoms with Crippen molar-refractivity contribution in [2.24, 2.45) is 0 Å². The van der Waals surface area contributed by atoms with Gasteiger partial charge in [0.25, 0.3) is 0 Å². The second kappa shape index (κ2) is 60.5. The Labute approximate surface area is 297 Å². The summed E-state index contributed by atoms with van der Waals surface area (Å²) in [5.41, 5.74) is 0. The normalized spacial score (nSPS) is 7.94. The molecule has 0 saturated carbocycles. The van der Waals surface area contributed by atoms with E-state index < -0.39 is 0 Å². The van der Waals surface area contributed by atoms with Crippen molar-refractivity contribution in [3.63, 3.8) is 0 Å². The van der Waals surface area contributed by atoms with Crippen LogP contribution in [0.2, 0.25) is 0 Å². The van der Waals surface area contributed by atoms with Crippen molar-refractivity contribution in [2.45, 2.75) is 0 Å². The monoisotopic (exact) mass is 634 g/mol. The zero-order chi connectivity index (χ0) is 19.7. The summed E-state index contributed by atoms with van der Waals surface area (Å²) < 4.78 is 0. The summed E-state index contributed by atoms with van der Waals surface area (Å²) in [5, 5.41) is 0. The van der Waals surface area contributed by atoms with E-state index in [1.807, 2.05) is 0 Å². The first kappa shape index (κ1) is 83.2. The third-order valence-electron chi connectivity index (χ3n) is 2.98. The molecule has 0 aliphatic rings. The van der Waals surface area contributed by atoms with Crippen LogP contribution in [0, 0.1) is 91.5 Å². The second-order valence-electron chi connectivity index (χ2n) is 7.82. The van der Waals surface area contributed by atoms with E-state index in [1.165, 1.54) is 0 Å². The molecule has 1 radical (unpaired) electrons. The Bertz CT molecular complexity index is 189. The molecular formula is C24H66Li3N6Yb. The average Bonchev–Trinajstić information content (AvgIpc) is 2.42. The average molecular weight is 633 g/mol. The minimum absolute atomic E-state index is 0. The van der Waals surface area contributed by atoms with Gasteiger partial charge >= 0.3 is 104 Å². The largest absolute Gasteiger partial charge is 3.00 e. The van der Waals surface area contributed by atoms with E-state index in [-0.39, 0.29) is 148 Å². The van der Waals surface area contributed by atoms with Crippen molar-refractivity contribution in [3.05, 3.63) is 44.6 Å². The van der Waals surface area contributed by atoms with Crippen LogP contribution in [0.25, 0.3) is 0 Å². The molecule has 6 nitrogen and oxygen atoms in total. The maximum Gasteiger partial charge on any atom is 3.00 e. The minimum Gasteiger partial charge on any atom is -0.358 e. The van der Waals surface area contributed by atoms with Gasteiger partial charge in [-0.1, -0.05) is 0 Å². The van der Waals surface area contributed by atoms with Gasteiger partial charge in [-0.25, -0.2) is 0 Å². The number of rotatable bonds is 9. The molecule has 34 heavy (non-hydrogen) atoms. The first-order valence-electron chi connectivity index (χ1n) is 8.76. The first-order chi connectivity index (χ1) is 10.9. The van der Waals surface area contributed by atoms with Gasteiger partial charge < -0.3 is 74.0 Å². The molecule has 0 aromatic rings. The van der Waals surface area contributed by atoms with Gasteiger partial charge in [0.1, 0.15) is 0 Å². The Morgan fingerprint density at radius 1 is 0.265 bits per heavy atom. The third-order valence-corrected chi connectivity index (χ3v) is 2.98. The van der Waals surface area contributed by atoms with Crippen LogP contribution < -0.4 is 56.6 Å². The first-order valence-corrected chi connectivity index (χ1v) is 8.76. The SMILES string of the molecule is CN(C)CCN(C)C.CN(C)CCN(C)C.CN(C)CCN(C)C.[CH3-].[CH3-].[CH3-].[CH3-].[CH3-].[CH3-].[Li+].[Li+].[Li+].[Yb+3]. The van der Waals surface area contributed by atoms with E-state index in [0.29, 0.717) is 0 Å². The van der Waals surface area contributed by atoms with Crippen LogP contribution in [0.4, 0.5) is 0 Å². The molecule has 0 spiro atoms. The third kappa shape index (κ3) is 125. The molecule has 0 rings (SSSR count). The summed E-state index contributed by atoms with van der Waals surface area (Å²) >= 11 is 0. The molecule has 0 N–H and O–H groups in total. The van der Waals surface area contributed by atoms with Crippen molar-refractivity contribution in [1.82, 2.24) is 29.4 Å². The van der Waals surface area contributed by atoms with Crippen LogP contribution in [0.5, 0.6) is 0 Å². The molecule has 0 aromatic carbocycles. The summed E-state index contributed by atoms with van der Waals surface area (Å²) in [7, 11) is 25.0. The quantitative estimate of drug-likeness (QED) is 0.185. The van der Waals surface area contributed by atoms with Gasteiger partial charge in [-0.2, -0.15) is 0 Å². The van der Waals surface area contributed by atoms with Crippen molar-refractivity contribution in [2.75, 3.05) is 124 Å². The molecule has 0 aromatic heterocycles. The van der Waals surface area contributed by atoms with Gasteiger partial charge in [0.05, 0.1) is 0 Å². The van der Waals surface area contributed by atoms with E-state index in [9.17, 15) is 0 Å². The Morgan fingerprint density at radius 3 is 0.353 bits per heavy atom. The maximum absolute atomic E-state index is 2.18. The predicted octanol–water partition coefficient (Wildman–Crippen LogP) is -5.96. The Hall–Kier alpha value is 3.07. The fourth-order valence-corrected chi connectivity index (χ4v) is 1.20. The van der Waals surface area contributed by atoms with Crippen LogP contribution in [0.1, 0.15) is 0 Å². The van der Waals surface area contributed by atoms with Gasteiger partial charge in [-0.15, -0.1) is 0 Å². The number of hydrogen-bond donors (Lipinski definition) is 0. The van der Waals surface area contributed by atoms with E-state index >= 15 is 0 Å². The summed E-state index contributed by atoms with van der Waals surface area (Å²) in [6.45, 7) is 6.88. The molecule has 0 aliphatic heterocycles. The molecule has 0 heterocycles. The van der Waals surface area contributed by atoms with Crippen molar-refractivity contribution >= 4 is 0 Å². The van der Waals surface area contributed by atoms with Crippen molar-refractivity contribution in [3.8, 4) is 0 Å². The molecule has 0 unspecified atom stereocenters. The van der Waals surface area contributed by atoms with E-state index in [4.69, 9.17) is 0 Å². The minimum atomic E-state index is 0. The number of nitrogens with zero attached hydrogens (tertiary/aromatic N) is 6. The van der Waals surface area contributed by atoms with Crippen LogP contribution in [0.3, 0.4) is 0 Å². The van der Waals surface area contributed by atoms with Gasteiger partial charge in [0.2, 0.25) is 0 Å². The molecule has 0 aliphatic carbocycles. The fourth-order valence-electron chi connectivity index (χ4n) is 1.20. The van der Waals surface area contributed by atoms with Crippen molar-refractivity contribution in [1.29, 1.82) is 0 Å². The fraction of sp³-hybridized carbons (Fsp3) is 0.750. The van der Waals surface area contributed by atoms with Gasteiger partial charge in [-0.05, 0) is 84.6 Å². The van der Waals surface area contributed by atoms with Crippen LogP contribution in [-0.2, 0) is 0 Å². The molecule has 0 atom stereocenters. The van der Waals surface area contributed by atoms with Crippen LogP contribution in [0.15, 0.2) is 0 Å². The van der Waals surface area contributed by atoms with E-state index in [2.05, 4.69) is 114 Å². The summed E-state index contributed by atoms with van der Waals surface area (Å²) in [6, 6.07) is 0. The van der Waals surface area contributed by atoms with Crippen LogP contribution in [-0.4, -0.2) is 153 Å². The summed E-state index contributed by atoms with van der Waals surface area (Å²) in [4.78, 5) is 13.1. The smallest absolute Gasteiger partial charge is 0.358 e. The van der Waals surface area contributed by atoms with Gasteiger partial charge in [0.15, 0.2) is 0 Å². The standard InChI is InChI=1S/3C6H16N2.6CH3.3Li.Yb/c3*1-7(2)5-6-8(3)4;;;;;;;;;;/h3*5-6H2,1-4H3;6*1H3;;;;/q;;;6*-1;3*+1;+3. The zero-order valence-electron chi connectivity index (χ0n) is 28.2. The number of likely N-dealkylation sites (N-methyl/N-ethyl adjacent to an activating group) is 6. The molecular weight excluding hydrogens is 566 g/mol. The Kier molecular flexibility index (Phi) is 148. The Balaban J connectivity index is -0.0000000154. The predicted molar refractivity (Wildman–Crippen MR) is 150 cm³/mol. The van der Waals surface area contributed by atoms with E-state index in [0.717, 1.165) is 39.3 Å². The maximum atomic E-state index is 2.18. The topological polar surface area (TPSA) is 19.4 Å². The molecule has 0 amide bonds. The molecule has 209 valence electrons. The summed E-state index contributed by atoms with van der Waals surface area (Å²) in [5.74, 6) is 0. The molecule has 0 fully saturated rings. The molecule has 10 heteroatoms.